The van der Waals surface area contributed by atoms with Gasteiger partial charge in [0.2, 0.25) is 0 Å². The predicted octanol–water partition coefficient (Wildman–Crippen LogP) is 1.15. The van der Waals surface area contributed by atoms with E-state index in [1.807, 2.05) is 16.4 Å². The first kappa shape index (κ1) is 12.8. The zero-order valence-electron chi connectivity index (χ0n) is 11.6. The summed E-state index contributed by atoms with van der Waals surface area (Å²) in [5, 5.41) is 9.31. The number of fused-ring (bicyclic) bond motifs is 1. The highest BCUT2D eigenvalue weighted by Gasteiger charge is 2.41. The van der Waals surface area contributed by atoms with Crippen LogP contribution < -0.4 is 4.90 Å². The summed E-state index contributed by atoms with van der Waals surface area (Å²) in [4.78, 5) is 26.3. The minimum Gasteiger partial charge on any atom is -0.481 e. The highest BCUT2D eigenvalue weighted by atomic mass is 16.4. The number of aliphatic carboxylic acids is 1. The molecule has 3 rings (SSSR count). The van der Waals surface area contributed by atoms with E-state index in [1.165, 1.54) is 6.33 Å². The number of carbonyl (C=O) groups is 1. The van der Waals surface area contributed by atoms with Crippen molar-refractivity contribution in [3.05, 3.63) is 12.7 Å². The molecular formula is C13H17N5O2. The number of imidazole rings is 1. The van der Waals surface area contributed by atoms with E-state index >= 15 is 0 Å². The minimum atomic E-state index is -0.760. The second-order valence-electron chi connectivity index (χ2n) is 5.44. The summed E-state index contributed by atoms with van der Waals surface area (Å²) in [7, 11) is 0. The second-order valence-corrected chi connectivity index (χ2v) is 5.44. The van der Waals surface area contributed by atoms with E-state index in [9.17, 15) is 9.90 Å². The second kappa shape index (κ2) is 4.43. The van der Waals surface area contributed by atoms with Crippen LogP contribution in [0.25, 0.3) is 11.2 Å². The summed E-state index contributed by atoms with van der Waals surface area (Å²) in [5.41, 5.74) is 0.815. The van der Waals surface area contributed by atoms with Gasteiger partial charge in [-0.1, -0.05) is 0 Å². The van der Waals surface area contributed by atoms with Crippen LogP contribution in [-0.2, 0) is 11.3 Å². The molecule has 0 spiro atoms. The predicted molar refractivity (Wildman–Crippen MR) is 73.6 cm³/mol. The average Bonchev–Trinajstić information content (AvgIpc) is 3.02. The molecule has 1 aliphatic rings. The fraction of sp³-hybridized carbons (Fsp3) is 0.538. The van der Waals surface area contributed by atoms with Gasteiger partial charge in [0.25, 0.3) is 0 Å². The largest absolute Gasteiger partial charge is 0.481 e. The molecule has 3 heterocycles. The molecule has 2 aromatic rings. The Balaban J connectivity index is 2.00. The van der Waals surface area contributed by atoms with Gasteiger partial charge in [0.1, 0.15) is 6.33 Å². The number of aromatic nitrogens is 4. The first-order valence-electron chi connectivity index (χ1n) is 6.69. The Kier molecular flexibility index (Phi) is 2.84. The van der Waals surface area contributed by atoms with Gasteiger partial charge in [0.05, 0.1) is 11.7 Å². The van der Waals surface area contributed by atoms with Crippen LogP contribution in [0.5, 0.6) is 0 Å². The van der Waals surface area contributed by atoms with E-state index in [0.29, 0.717) is 19.5 Å². The van der Waals surface area contributed by atoms with Crippen molar-refractivity contribution in [2.45, 2.75) is 26.8 Å². The highest BCUT2D eigenvalue weighted by molar-refractivity contribution is 5.84. The monoisotopic (exact) mass is 275 g/mol. The van der Waals surface area contributed by atoms with Crippen molar-refractivity contribution < 1.29 is 9.90 Å². The summed E-state index contributed by atoms with van der Waals surface area (Å²) in [6.45, 7) is 5.72. The maximum atomic E-state index is 11.3. The average molecular weight is 275 g/mol. The van der Waals surface area contributed by atoms with Gasteiger partial charge in [-0.2, -0.15) is 0 Å². The van der Waals surface area contributed by atoms with Crippen molar-refractivity contribution in [3.63, 3.8) is 0 Å². The lowest BCUT2D eigenvalue weighted by atomic mass is 9.90. The third-order valence-electron chi connectivity index (χ3n) is 4.01. The lowest BCUT2D eigenvalue weighted by Crippen LogP contribution is -2.32. The van der Waals surface area contributed by atoms with Gasteiger partial charge in [0, 0.05) is 19.6 Å². The summed E-state index contributed by atoms with van der Waals surface area (Å²) in [6, 6.07) is 0. The number of aryl methyl sites for hydroxylation is 1. The quantitative estimate of drug-likeness (QED) is 0.904. The molecule has 2 aromatic heterocycles. The number of carboxylic acid groups (broad SMARTS) is 1. The van der Waals surface area contributed by atoms with E-state index in [2.05, 4.69) is 15.0 Å². The van der Waals surface area contributed by atoms with Crippen LogP contribution in [0.2, 0.25) is 0 Å². The van der Waals surface area contributed by atoms with Crippen molar-refractivity contribution in [1.29, 1.82) is 0 Å². The molecule has 1 unspecified atom stereocenters. The highest BCUT2D eigenvalue weighted by Crippen LogP contribution is 2.34. The molecule has 1 saturated heterocycles. The van der Waals surface area contributed by atoms with Crippen molar-refractivity contribution in [2.24, 2.45) is 5.41 Å². The lowest BCUT2D eigenvalue weighted by Gasteiger charge is -2.20. The van der Waals surface area contributed by atoms with Gasteiger partial charge in [-0.25, -0.2) is 15.0 Å². The maximum absolute atomic E-state index is 11.3. The molecule has 1 N–H and O–H groups in total. The molecule has 7 nitrogen and oxygen atoms in total. The Bertz CT molecular complexity index is 668. The fourth-order valence-corrected chi connectivity index (χ4v) is 2.65. The molecule has 0 aliphatic carbocycles. The van der Waals surface area contributed by atoms with Gasteiger partial charge in [-0.05, 0) is 20.3 Å². The Morgan fingerprint density at radius 3 is 2.90 bits per heavy atom. The first-order valence-corrected chi connectivity index (χ1v) is 6.69. The van der Waals surface area contributed by atoms with Gasteiger partial charge >= 0.3 is 5.97 Å². The molecule has 1 atom stereocenters. The molecule has 0 amide bonds. The van der Waals surface area contributed by atoms with Crippen LogP contribution in [0, 0.1) is 5.41 Å². The molecule has 20 heavy (non-hydrogen) atoms. The van der Waals surface area contributed by atoms with Crippen LogP contribution in [0.1, 0.15) is 20.3 Å². The molecule has 0 bridgehead atoms. The molecule has 1 fully saturated rings. The van der Waals surface area contributed by atoms with E-state index in [0.717, 1.165) is 23.5 Å². The summed E-state index contributed by atoms with van der Waals surface area (Å²) in [5.74, 6) is -0.0310. The number of hydrogen-bond donors (Lipinski definition) is 1. The van der Waals surface area contributed by atoms with Crippen LogP contribution >= 0.6 is 0 Å². The molecule has 1 aliphatic heterocycles. The van der Waals surface area contributed by atoms with Crippen molar-refractivity contribution in [1.82, 2.24) is 19.5 Å². The molecule has 0 saturated carbocycles. The number of hydrogen-bond acceptors (Lipinski definition) is 5. The number of nitrogens with zero attached hydrogens (tertiary/aromatic N) is 5. The molecule has 106 valence electrons. The first-order chi connectivity index (χ1) is 9.55. The Hall–Kier alpha value is -2.18. The third kappa shape index (κ3) is 1.81. The van der Waals surface area contributed by atoms with E-state index < -0.39 is 11.4 Å². The number of anilines is 1. The fourth-order valence-electron chi connectivity index (χ4n) is 2.65. The Labute approximate surface area is 116 Å². The molecular weight excluding hydrogens is 258 g/mol. The minimum absolute atomic E-state index is 0.452. The van der Waals surface area contributed by atoms with Crippen LogP contribution in [0.15, 0.2) is 12.7 Å². The molecule has 0 aromatic carbocycles. The normalized spacial score (nSPS) is 22.6. The SMILES string of the molecule is CCn1cnc2c(N3CCC(C)(C(=O)O)C3)ncnc21. The Morgan fingerprint density at radius 1 is 1.45 bits per heavy atom. The maximum Gasteiger partial charge on any atom is 0.311 e. The standard InChI is InChI=1S/C13H17N5O2/c1-3-17-8-16-9-10(17)14-7-15-11(9)18-5-4-13(2,6-18)12(19)20/h7-8H,3-6H2,1-2H3,(H,19,20). The lowest BCUT2D eigenvalue weighted by molar-refractivity contribution is -0.146. The van der Waals surface area contributed by atoms with Gasteiger partial charge < -0.3 is 14.6 Å². The number of carboxylic acids is 1. The van der Waals surface area contributed by atoms with Crippen LogP contribution in [0.4, 0.5) is 5.82 Å². The summed E-state index contributed by atoms with van der Waals surface area (Å²) < 4.78 is 1.95. The van der Waals surface area contributed by atoms with E-state index in [4.69, 9.17) is 0 Å². The Morgan fingerprint density at radius 2 is 2.25 bits per heavy atom. The molecule has 0 radical (unpaired) electrons. The third-order valence-corrected chi connectivity index (χ3v) is 4.01. The number of rotatable bonds is 3. The summed E-state index contributed by atoms with van der Waals surface area (Å²) in [6.07, 6.45) is 3.87. The van der Waals surface area contributed by atoms with Gasteiger partial charge in [-0.15, -0.1) is 0 Å². The van der Waals surface area contributed by atoms with Crippen molar-refractivity contribution >= 4 is 23.0 Å². The van der Waals surface area contributed by atoms with Gasteiger partial charge in [-0.3, -0.25) is 4.79 Å². The van der Waals surface area contributed by atoms with Crippen LogP contribution in [0.3, 0.4) is 0 Å². The molecule has 7 heteroatoms. The van der Waals surface area contributed by atoms with Crippen molar-refractivity contribution in [3.8, 4) is 0 Å². The van der Waals surface area contributed by atoms with Crippen molar-refractivity contribution in [2.75, 3.05) is 18.0 Å². The van der Waals surface area contributed by atoms with E-state index in [1.54, 1.807) is 13.3 Å². The summed E-state index contributed by atoms with van der Waals surface area (Å²) >= 11 is 0. The van der Waals surface area contributed by atoms with E-state index in [-0.39, 0.29) is 0 Å². The zero-order valence-corrected chi connectivity index (χ0v) is 11.6. The van der Waals surface area contributed by atoms with Gasteiger partial charge in [0.15, 0.2) is 17.0 Å². The van der Waals surface area contributed by atoms with Crippen LogP contribution in [-0.4, -0.2) is 43.7 Å². The topological polar surface area (TPSA) is 84.1 Å². The zero-order chi connectivity index (χ0) is 14.3. The smallest absolute Gasteiger partial charge is 0.311 e.